The summed E-state index contributed by atoms with van der Waals surface area (Å²) in [6.07, 6.45) is 12.7. The summed E-state index contributed by atoms with van der Waals surface area (Å²) in [6, 6.07) is 2.18. The van der Waals surface area contributed by atoms with Crippen molar-refractivity contribution in [2.75, 3.05) is 33.4 Å². The van der Waals surface area contributed by atoms with Crippen molar-refractivity contribution < 1.29 is 9.47 Å². The van der Waals surface area contributed by atoms with Crippen molar-refractivity contribution in [2.24, 2.45) is 11.8 Å². The van der Waals surface area contributed by atoms with Gasteiger partial charge in [-0.3, -0.25) is 9.80 Å². The minimum atomic E-state index is 0.483. The van der Waals surface area contributed by atoms with Crippen LogP contribution in [0.5, 0.6) is 0 Å². The van der Waals surface area contributed by atoms with E-state index in [1.807, 2.05) is 7.11 Å². The first kappa shape index (κ1) is 20.1. The van der Waals surface area contributed by atoms with Gasteiger partial charge in [-0.15, -0.1) is 0 Å². The SMILES string of the molecule is CCC1CCN(C2CC(OCC3CC(CC)CN3C3CCC(OC)C3)C2)C1. The molecule has 4 fully saturated rings. The average molecular weight is 379 g/mol. The van der Waals surface area contributed by atoms with Crippen LogP contribution in [0.3, 0.4) is 0 Å². The third-order valence-corrected chi connectivity index (χ3v) is 8.29. The fourth-order valence-corrected chi connectivity index (χ4v) is 6.13. The normalized spacial score (nSPS) is 43.4. The number of nitrogens with zero attached hydrogens (tertiary/aromatic N) is 2. The van der Waals surface area contributed by atoms with Gasteiger partial charge in [-0.2, -0.15) is 0 Å². The minimum Gasteiger partial charge on any atom is -0.381 e. The fourth-order valence-electron chi connectivity index (χ4n) is 6.13. The number of hydrogen-bond acceptors (Lipinski definition) is 4. The smallest absolute Gasteiger partial charge is 0.0625 e. The van der Waals surface area contributed by atoms with Crippen LogP contribution < -0.4 is 0 Å². The summed E-state index contributed by atoms with van der Waals surface area (Å²) in [5.41, 5.74) is 0. The van der Waals surface area contributed by atoms with E-state index in [0.717, 1.165) is 30.5 Å². The van der Waals surface area contributed by atoms with Gasteiger partial charge in [0.05, 0.1) is 18.8 Å². The molecule has 27 heavy (non-hydrogen) atoms. The lowest BCUT2D eigenvalue weighted by Crippen LogP contribution is -2.48. The molecular weight excluding hydrogens is 336 g/mol. The zero-order valence-electron chi connectivity index (χ0n) is 17.9. The van der Waals surface area contributed by atoms with Gasteiger partial charge in [0.1, 0.15) is 0 Å². The predicted octanol–water partition coefficient (Wildman–Crippen LogP) is 3.93. The van der Waals surface area contributed by atoms with Crippen LogP contribution in [0.1, 0.15) is 71.6 Å². The van der Waals surface area contributed by atoms with Crippen LogP contribution in [-0.2, 0) is 9.47 Å². The van der Waals surface area contributed by atoms with Gasteiger partial charge in [-0.05, 0) is 63.3 Å². The zero-order chi connectivity index (χ0) is 18.8. The molecule has 4 rings (SSSR count). The molecule has 2 saturated heterocycles. The molecule has 0 amide bonds. The molecular formula is C23H42N2O2. The van der Waals surface area contributed by atoms with Crippen molar-refractivity contribution in [3.05, 3.63) is 0 Å². The van der Waals surface area contributed by atoms with E-state index in [-0.39, 0.29) is 0 Å². The van der Waals surface area contributed by atoms with Gasteiger partial charge in [0.25, 0.3) is 0 Å². The summed E-state index contributed by atoms with van der Waals surface area (Å²) in [4.78, 5) is 5.54. The summed E-state index contributed by atoms with van der Waals surface area (Å²) in [5, 5.41) is 0. The molecule has 0 N–H and O–H groups in total. The molecule has 0 spiro atoms. The van der Waals surface area contributed by atoms with Crippen LogP contribution in [0, 0.1) is 11.8 Å². The summed E-state index contributed by atoms with van der Waals surface area (Å²) in [7, 11) is 1.88. The zero-order valence-corrected chi connectivity index (χ0v) is 17.9. The molecule has 0 aromatic carbocycles. The Bertz CT molecular complexity index is 467. The highest BCUT2D eigenvalue weighted by Gasteiger charge is 2.41. The van der Waals surface area contributed by atoms with Gasteiger partial charge in [0.15, 0.2) is 0 Å². The maximum absolute atomic E-state index is 6.44. The van der Waals surface area contributed by atoms with Gasteiger partial charge in [0, 0.05) is 38.3 Å². The van der Waals surface area contributed by atoms with E-state index in [2.05, 4.69) is 23.6 Å². The first-order chi connectivity index (χ1) is 13.2. The summed E-state index contributed by atoms with van der Waals surface area (Å²) in [5.74, 6) is 1.82. The quantitative estimate of drug-likeness (QED) is 0.639. The van der Waals surface area contributed by atoms with Crippen LogP contribution in [0.25, 0.3) is 0 Å². The maximum Gasteiger partial charge on any atom is 0.0625 e. The molecule has 4 heteroatoms. The fraction of sp³-hybridized carbons (Fsp3) is 1.00. The predicted molar refractivity (Wildman–Crippen MR) is 110 cm³/mol. The second kappa shape index (κ2) is 9.11. The van der Waals surface area contributed by atoms with Crippen molar-refractivity contribution in [1.82, 2.24) is 9.80 Å². The summed E-state index contributed by atoms with van der Waals surface area (Å²) in [6.45, 7) is 9.61. The maximum atomic E-state index is 6.44. The van der Waals surface area contributed by atoms with Crippen molar-refractivity contribution in [3.63, 3.8) is 0 Å². The Morgan fingerprint density at radius 2 is 1.59 bits per heavy atom. The van der Waals surface area contributed by atoms with E-state index in [9.17, 15) is 0 Å². The van der Waals surface area contributed by atoms with Crippen LogP contribution in [-0.4, -0.2) is 73.5 Å². The lowest BCUT2D eigenvalue weighted by molar-refractivity contribution is -0.0645. The standard InChI is InChI=1S/C23H42N2O2/c1-4-17-8-9-24(14-17)20-12-23(13-20)27-16-21-10-18(5-2)15-25(21)19-6-7-22(11-19)26-3/h17-23H,4-16H2,1-3H3. The van der Waals surface area contributed by atoms with Crippen LogP contribution in [0.4, 0.5) is 0 Å². The molecule has 0 aromatic rings. The van der Waals surface area contributed by atoms with E-state index in [0.29, 0.717) is 18.2 Å². The molecule has 2 aliphatic carbocycles. The van der Waals surface area contributed by atoms with Gasteiger partial charge in [0.2, 0.25) is 0 Å². The van der Waals surface area contributed by atoms with Crippen LogP contribution in [0.2, 0.25) is 0 Å². The van der Waals surface area contributed by atoms with Crippen LogP contribution in [0.15, 0.2) is 0 Å². The summed E-state index contributed by atoms with van der Waals surface area (Å²) >= 11 is 0. The van der Waals surface area contributed by atoms with E-state index >= 15 is 0 Å². The van der Waals surface area contributed by atoms with Crippen molar-refractivity contribution in [1.29, 1.82) is 0 Å². The minimum absolute atomic E-state index is 0.483. The first-order valence-electron chi connectivity index (χ1n) is 11.8. The van der Waals surface area contributed by atoms with E-state index < -0.39 is 0 Å². The van der Waals surface area contributed by atoms with Crippen molar-refractivity contribution >= 4 is 0 Å². The van der Waals surface area contributed by atoms with Crippen LogP contribution >= 0.6 is 0 Å². The Kier molecular flexibility index (Phi) is 6.79. The van der Waals surface area contributed by atoms with E-state index in [1.165, 1.54) is 77.4 Å². The Morgan fingerprint density at radius 1 is 0.815 bits per heavy atom. The summed E-state index contributed by atoms with van der Waals surface area (Å²) < 4.78 is 12.1. The molecule has 0 radical (unpaired) electrons. The number of methoxy groups -OCH3 is 1. The Labute approximate surface area is 166 Å². The molecule has 4 aliphatic rings. The monoisotopic (exact) mass is 378 g/mol. The third kappa shape index (κ3) is 4.55. The first-order valence-corrected chi connectivity index (χ1v) is 11.8. The van der Waals surface area contributed by atoms with Gasteiger partial charge in [-0.25, -0.2) is 0 Å². The molecule has 4 nitrogen and oxygen atoms in total. The largest absolute Gasteiger partial charge is 0.381 e. The van der Waals surface area contributed by atoms with Crippen molar-refractivity contribution in [3.8, 4) is 0 Å². The second-order valence-electron chi connectivity index (χ2n) is 9.82. The lowest BCUT2D eigenvalue weighted by Gasteiger charge is -2.42. The molecule has 2 heterocycles. The Balaban J connectivity index is 1.21. The molecule has 0 bridgehead atoms. The number of ether oxygens (including phenoxy) is 2. The van der Waals surface area contributed by atoms with Gasteiger partial charge in [-0.1, -0.05) is 26.7 Å². The van der Waals surface area contributed by atoms with E-state index in [4.69, 9.17) is 9.47 Å². The number of hydrogen-bond donors (Lipinski definition) is 0. The molecule has 2 saturated carbocycles. The molecule has 156 valence electrons. The highest BCUT2D eigenvalue weighted by molar-refractivity contribution is 4.95. The third-order valence-electron chi connectivity index (χ3n) is 8.29. The molecule has 2 aliphatic heterocycles. The Hall–Kier alpha value is -0.160. The highest BCUT2D eigenvalue weighted by Crippen LogP contribution is 2.37. The highest BCUT2D eigenvalue weighted by atomic mass is 16.5. The number of rotatable bonds is 8. The second-order valence-corrected chi connectivity index (χ2v) is 9.82. The topological polar surface area (TPSA) is 24.9 Å². The molecule has 5 unspecified atom stereocenters. The average Bonchev–Trinajstić information content (AvgIpc) is 3.38. The molecule has 5 atom stereocenters. The van der Waals surface area contributed by atoms with E-state index in [1.54, 1.807) is 0 Å². The van der Waals surface area contributed by atoms with Gasteiger partial charge < -0.3 is 9.47 Å². The van der Waals surface area contributed by atoms with Gasteiger partial charge >= 0.3 is 0 Å². The van der Waals surface area contributed by atoms with Crippen molar-refractivity contribution in [2.45, 2.75) is 102 Å². The number of likely N-dealkylation sites (tertiary alicyclic amines) is 2. The molecule has 0 aromatic heterocycles. The lowest BCUT2D eigenvalue weighted by atomic mass is 9.88. The Morgan fingerprint density at radius 3 is 2.26 bits per heavy atom.